The first-order valence-electron chi connectivity index (χ1n) is 9.06. The molecule has 1 amide bonds. The van der Waals surface area contributed by atoms with Crippen LogP contribution in [0.3, 0.4) is 0 Å². The minimum atomic E-state index is -3.67. The van der Waals surface area contributed by atoms with Crippen LogP contribution in [-0.2, 0) is 22.9 Å². The molecule has 0 bridgehead atoms. The molecule has 1 heterocycles. The smallest absolute Gasteiger partial charge is 0.256 e. The molecule has 0 fully saturated rings. The molecule has 148 valence electrons. The maximum absolute atomic E-state index is 12.9. The Balaban J connectivity index is 2.00. The van der Waals surface area contributed by atoms with Crippen molar-refractivity contribution in [3.05, 3.63) is 44.8 Å². The maximum atomic E-state index is 12.9. The quantitative estimate of drug-likeness (QED) is 0.823. The van der Waals surface area contributed by atoms with Gasteiger partial charge in [-0.1, -0.05) is 0 Å². The van der Waals surface area contributed by atoms with Gasteiger partial charge in [-0.25, -0.2) is 12.7 Å². The van der Waals surface area contributed by atoms with Crippen molar-refractivity contribution in [2.75, 3.05) is 19.4 Å². The third-order valence-corrected chi connectivity index (χ3v) is 8.30. The van der Waals surface area contributed by atoms with Gasteiger partial charge in [0.1, 0.15) is 11.1 Å². The lowest BCUT2D eigenvalue weighted by Crippen LogP contribution is -2.24. The normalized spacial score (nSPS) is 13.9. The molecule has 1 aliphatic rings. The van der Waals surface area contributed by atoms with Gasteiger partial charge in [-0.2, -0.15) is 5.26 Å². The first-order valence-corrected chi connectivity index (χ1v) is 11.3. The maximum Gasteiger partial charge on any atom is 0.256 e. The summed E-state index contributed by atoms with van der Waals surface area (Å²) in [6.07, 6.45) is 3.93. The van der Waals surface area contributed by atoms with Gasteiger partial charge in [-0.15, -0.1) is 11.3 Å². The molecule has 1 aromatic carbocycles. The number of nitrogens with zero attached hydrogens (tertiary/aromatic N) is 2. The third kappa shape index (κ3) is 3.58. The van der Waals surface area contributed by atoms with Crippen LogP contribution in [0.4, 0.5) is 5.00 Å². The van der Waals surface area contributed by atoms with Gasteiger partial charge in [0, 0.05) is 24.5 Å². The van der Waals surface area contributed by atoms with Gasteiger partial charge < -0.3 is 5.32 Å². The van der Waals surface area contributed by atoms with E-state index < -0.39 is 15.9 Å². The van der Waals surface area contributed by atoms with E-state index in [-0.39, 0.29) is 10.5 Å². The predicted octanol–water partition coefficient (Wildman–Crippen LogP) is 3.62. The van der Waals surface area contributed by atoms with Crippen LogP contribution in [-0.4, -0.2) is 32.7 Å². The first kappa shape index (κ1) is 20.5. The molecule has 28 heavy (non-hydrogen) atoms. The number of hydrogen-bond acceptors (Lipinski definition) is 5. The number of fused-ring (bicyclic) bond motifs is 1. The second-order valence-corrected chi connectivity index (χ2v) is 10.4. The van der Waals surface area contributed by atoms with Crippen LogP contribution >= 0.6 is 11.3 Å². The number of aryl methyl sites for hydroxylation is 2. The largest absolute Gasteiger partial charge is 0.312 e. The van der Waals surface area contributed by atoms with Crippen molar-refractivity contribution in [3.63, 3.8) is 0 Å². The molecular weight excluding hydrogens is 394 g/mol. The summed E-state index contributed by atoms with van der Waals surface area (Å²) in [4.78, 5) is 14.2. The van der Waals surface area contributed by atoms with E-state index in [1.165, 1.54) is 31.5 Å². The molecular formula is C20H23N3O3S2. The second kappa shape index (κ2) is 7.66. The Kier molecular flexibility index (Phi) is 5.62. The Morgan fingerprint density at radius 3 is 2.54 bits per heavy atom. The number of thiophene rings is 1. The second-order valence-electron chi connectivity index (χ2n) is 7.18. The summed E-state index contributed by atoms with van der Waals surface area (Å²) in [7, 11) is -0.741. The molecule has 0 radical (unpaired) electrons. The Morgan fingerprint density at radius 2 is 1.89 bits per heavy atom. The summed E-state index contributed by atoms with van der Waals surface area (Å²) in [5.74, 6) is -0.409. The first-order chi connectivity index (χ1) is 13.2. The molecule has 0 aliphatic heterocycles. The number of sulfonamides is 1. The van der Waals surface area contributed by atoms with Gasteiger partial charge in [0.05, 0.1) is 10.5 Å². The van der Waals surface area contributed by atoms with E-state index in [1.807, 2.05) is 0 Å². The lowest BCUT2D eigenvalue weighted by molar-refractivity contribution is 0.102. The van der Waals surface area contributed by atoms with Gasteiger partial charge in [-0.3, -0.25) is 4.79 Å². The number of rotatable bonds is 4. The summed E-state index contributed by atoms with van der Waals surface area (Å²) in [6.45, 7) is 3.51. The van der Waals surface area contributed by atoms with Crippen LogP contribution in [0.25, 0.3) is 0 Å². The lowest BCUT2D eigenvalue weighted by atomic mass is 9.96. The third-order valence-electron chi connectivity index (χ3n) is 5.15. The van der Waals surface area contributed by atoms with Crippen LogP contribution in [0.1, 0.15) is 50.3 Å². The van der Waals surface area contributed by atoms with Gasteiger partial charge in [0.15, 0.2) is 0 Å². The molecule has 0 saturated heterocycles. The monoisotopic (exact) mass is 417 g/mol. The zero-order chi connectivity index (χ0) is 20.6. The number of carbonyl (C=O) groups is 1. The van der Waals surface area contributed by atoms with Gasteiger partial charge in [0.25, 0.3) is 5.91 Å². The average Bonchev–Trinajstić information content (AvgIpc) is 3.00. The molecule has 2 aromatic rings. The summed E-state index contributed by atoms with van der Waals surface area (Å²) in [5.41, 5.74) is 3.19. The van der Waals surface area contributed by atoms with E-state index in [9.17, 15) is 18.5 Å². The van der Waals surface area contributed by atoms with E-state index in [0.717, 1.165) is 46.0 Å². The Hall–Kier alpha value is -2.21. The van der Waals surface area contributed by atoms with Gasteiger partial charge >= 0.3 is 0 Å². The number of nitriles is 1. The van der Waals surface area contributed by atoms with E-state index in [4.69, 9.17) is 0 Å². The molecule has 1 N–H and O–H groups in total. The molecule has 1 aromatic heterocycles. The Labute approximate surface area is 169 Å². The molecule has 0 unspecified atom stereocenters. The number of anilines is 1. The number of benzene rings is 1. The highest BCUT2D eigenvalue weighted by Crippen LogP contribution is 2.38. The fourth-order valence-electron chi connectivity index (χ4n) is 3.37. The lowest BCUT2D eigenvalue weighted by Gasteiger charge is -2.16. The summed E-state index contributed by atoms with van der Waals surface area (Å²) < 4.78 is 26.4. The van der Waals surface area contributed by atoms with Gasteiger partial charge in [-0.05, 0) is 68.4 Å². The van der Waals surface area contributed by atoms with Crippen LogP contribution in [0, 0.1) is 25.2 Å². The van der Waals surface area contributed by atoms with Crippen LogP contribution in [0.15, 0.2) is 17.0 Å². The average molecular weight is 418 g/mol. The van der Waals surface area contributed by atoms with E-state index in [1.54, 1.807) is 19.9 Å². The Bertz CT molecular complexity index is 1090. The van der Waals surface area contributed by atoms with Crippen LogP contribution in [0.5, 0.6) is 0 Å². The molecule has 0 spiro atoms. The van der Waals surface area contributed by atoms with Crippen molar-refractivity contribution in [2.24, 2.45) is 0 Å². The molecule has 0 atom stereocenters. The topological polar surface area (TPSA) is 90.3 Å². The van der Waals surface area contributed by atoms with Crippen LogP contribution < -0.4 is 5.32 Å². The van der Waals surface area contributed by atoms with Crippen molar-refractivity contribution < 1.29 is 13.2 Å². The molecule has 0 saturated carbocycles. The number of hydrogen-bond donors (Lipinski definition) is 1. The highest BCUT2D eigenvalue weighted by molar-refractivity contribution is 7.89. The van der Waals surface area contributed by atoms with Crippen LogP contribution in [0.2, 0.25) is 0 Å². The SMILES string of the molecule is Cc1cc(C(=O)Nc2sc3c(c2C#N)CCCC3)cc(S(=O)(=O)N(C)C)c1C. The van der Waals surface area contributed by atoms with Crippen molar-refractivity contribution in [1.82, 2.24) is 4.31 Å². The minimum Gasteiger partial charge on any atom is -0.312 e. The highest BCUT2D eigenvalue weighted by atomic mass is 32.2. The molecule has 6 nitrogen and oxygen atoms in total. The zero-order valence-corrected chi connectivity index (χ0v) is 18.1. The Morgan fingerprint density at radius 1 is 1.21 bits per heavy atom. The summed E-state index contributed by atoms with van der Waals surface area (Å²) in [6, 6.07) is 5.31. The zero-order valence-electron chi connectivity index (χ0n) is 16.4. The minimum absolute atomic E-state index is 0.119. The van der Waals surface area contributed by atoms with E-state index in [0.29, 0.717) is 16.1 Å². The van der Waals surface area contributed by atoms with Crippen molar-refractivity contribution in [2.45, 2.75) is 44.4 Å². The number of carbonyl (C=O) groups excluding carboxylic acids is 1. The molecule has 8 heteroatoms. The number of amides is 1. The highest BCUT2D eigenvalue weighted by Gasteiger charge is 2.25. The van der Waals surface area contributed by atoms with Gasteiger partial charge in [0.2, 0.25) is 10.0 Å². The fourth-order valence-corrected chi connectivity index (χ4v) is 5.82. The molecule has 1 aliphatic carbocycles. The van der Waals surface area contributed by atoms with Crippen molar-refractivity contribution in [3.8, 4) is 6.07 Å². The fraction of sp³-hybridized carbons (Fsp3) is 0.400. The predicted molar refractivity (Wildman–Crippen MR) is 110 cm³/mol. The summed E-state index contributed by atoms with van der Waals surface area (Å²) >= 11 is 1.45. The van der Waals surface area contributed by atoms with Crippen molar-refractivity contribution in [1.29, 1.82) is 5.26 Å². The standard InChI is InChI=1S/C20H23N3O3S2/c1-12-9-14(10-18(13(12)2)28(25,26)23(3)4)19(24)22-20-16(11-21)15-7-5-6-8-17(15)27-20/h9-10H,5-8H2,1-4H3,(H,22,24). The van der Waals surface area contributed by atoms with E-state index in [2.05, 4.69) is 11.4 Å². The summed E-state index contributed by atoms with van der Waals surface area (Å²) in [5, 5.41) is 12.9. The van der Waals surface area contributed by atoms with E-state index >= 15 is 0 Å². The molecule has 3 rings (SSSR count). The number of nitrogens with one attached hydrogen (secondary N) is 1. The van der Waals surface area contributed by atoms with Crippen molar-refractivity contribution >= 4 is 32.3 Å².